The Morgan fingerprint density at radius 2 is 2.21 bits per heavy atom. The molecule has 0 bridgehead atoms. The maximum atomic E-state index is 12.2. The van der Waals surface area contributed by atoms with Crippen molar-refractivity contribution < 1.29 is 4.79 Å². The van der Waals surface area contributed by atoms with E-state index in [9.17, 15) is 4.79 Å². The number of benzene rings is 1. The fraction of sp³-hybridized carbons (Fsp3) is 0.154. The number of hydrogen-bond acceptors (Lipinski definition) is 4. The summed E-state index contributed by atoms with van der Waals surface area (Å²) in [6, 6.07) is 7.61. The van der Waals surface area contributed by atoms with Crippen molar-refractivity contribution in [2.45, 2.75) is 13.8 Å². The lowest BCUT2D eigenvalue weighted by molar-refractivity contribution is 0.102. The third-order valence-corrected chi connectivity index (χ3v) is 3.67. The van der Waals surface area contributed by atoms with E-state index in [4.69, 9.17) is 0 Å². The summed E-state index contributed by atoms with van der Waals surface area (Å²) in [4.78, 5) is 12.2. The minimum absolute atomic E-state index is 0.197. The Bertz CT molecular complexity index is 759. The molecule has 3 rings (SSSR count). The van der Waals surface area contributed by atoms with Crippen LogP contribution >= 0.6 is 11.5 Å². The number of aromatic nitrogens is 3. The van der Waals surface area contributed by atoms with E-state index in [0.29, 0.717) is 5.69 Å². The zero-order valence-corrected chi connectivity index (χ0v) is 11.3. The molecule has 0 saturated heterocycles. The van der Waals surface area contributed by atoms with Crippen LogP contribution in [0.2, 0.25) is 0 Å². The maximum Gasteiger partial charge on any atom is 0.274 e. The van der Waals surface area contributed by atoms with Crippen LogP contribution in [0.1, 0.15) is 21.7 Å². The van der Waals surface area contributed by atoms with Crippen molar-refractivity contribution >= 4 is 33.3 Å². The Labute approximate surface area is 113 Å². The lowest BCUT2D eigenvalue weighted by Crippen LogP contribution is -2.11. The van der Waals surface area contributed by atoms with Gasteiger partial charge in [0.1, 0.15) is 10.7 Å². The van der Waals surface area contributed by atoms with Crippen LogP contribution in [0, 0.1) is 13.8 Å². The molecule has 0 aliphatic heterocycles. The van der Waals surface area contributed by atoms with E-state index >= 15 is 0 Å². The number of nitrogens with one attached hydrogen (secondary N) is 2. The second-order valence-corrected chi connectivity index (χ2v) is 5.16. The summed E-state index contributed by atoms with van der Waals surface area (Å²) in [6.45, 7) is 3.86. The van der Waals surface area contributed by atoms with Crippen LogP contribution in [0.5, 0.6) is 0 Å². The van der Waals surface area contributed by atoms with Crippen LogP contribution in [0.15, 0.2) is 24.3 Å². The second kappa shape index (κ2) is 4.47. The topological polar surface area (TPSA) is 70.7 Å². The molecule has 0 atom stereocenters. The highest BCUT2D eigenvalue weighted by atomic mass is 32.1. The molecule has 2 N–H and O–H groups in total. The number of carbonyl (C=O) groups is 1. The molecule has 2 heterocycles. The van der Waals surface area contributed by atoms with Crippen LogP contribution in [0.4, 0.5) is 5.00 Å². The van der Waals surface area contributed by atoms with Crippen molar-refractivity contribution in [2.75, 3.05) is 5.32 Å². The Hall–Kier alpha value is -2.21. The van der Waals surface area contributed by atoms with Gasteiger partial charge in [0.05, 0.1) is 11.2 Å². The van der Waals surface area contributed by atoms with Crippen LogP contribution < -0.4 is 5.32 Å². The number of rotatable bonds is 2. The fourth-order valence-corrected chi connectivity index (χ4v) is 2.61. The number of aryl methyl sites for hydroxylation is 2. The van der Waals surface area contributed by atoms with E-state index in [-0.39, 0.29) is 5.91 Å². The Kier molecular flexibility index (Phi) is 2.79. The van der Waals surface area contributed by atoms with Gasteiger partial charge in [-0.1, -0.05) is 18.2 Å². The standard InChI is InChI=1S/C13H12N4OS/c1-7-4-3-5-9-11(7)15-16-12(9)13(18)14-10-6-8(2)17-19-10/h3-6H,1-2H3,(H,14,18)(H,15,16). The summed E-state index contributed by atoms with van der Waals surface area (Å²) in [5.41, 5.74) is 3.24. The van der Waals surface area contributed by atoms with Crippen molar-refractivity contribution in [3.8, 4) is 0 Å². The third kappa shape index (κ3) is 2.10. The number of hydrogen-bond donors (Lipinski definition) is 2. The lowest BCUT2D eigenvalue weighted by Gasteiger charge is -2.00. The van der Waals surface area contributed by atoms with E-state index in [1.807, 2.05) is 38.1 Å². The molecule has 2 aromatic heterocycles. The summed E-state index contributed by atoms with van der Waals surface area (Å²) in [5.74, 6) is -0.197. The molecule has 96 valence electrons. The fourth-order valence-electron chi connectivity index (χ4n) is 1.95. The zero-order chi connectivity index (χ0) is 13.4. The molecule has 0 radical (unpaired) electrons. The maximum absolute atomic E-state index is 12.2. The van der Waals surface area contributed by atoms with Crippen molar-refractivity contribution in [1.29, 1.82) is 0 Å². The number of fused-ring (bicyclic) bond motifs is 1. The van der Waals surface area contributed by atoms with E-state index in [2.05, 4.69) is 19.9 Å². The van der Waals surface area contributed by atoms with Crippen molar-refractivity contribution in [3.05, 3.63) is 41.2 Å². The molecule has 1 amide bonds. The molecule has 0 saturated carbocycles. The molecule has 6 heteroatoms. The van der Waals surface area contributed by atoms with Gasteiger partial charge in [-0.05, 0) is 37.0 Å². The van der Waals surface area contributed by atoms with Gasteiger partial charge in [-0.3, -0.25) is 9.89 Å². The summed E-state index contributed by atoms with van der Waals surface area (Å²) in [5, 5.41) is 11.4. The van der Waals surface area contributed by atoms with Gasteiger partial charge in [0.2, 0.25) is 0 Å². The van der Waals surface area contributed by atoms with Crippen LogP contribution in [-0.4, -0.2) is 20.5 Å². The lowest BCUT2D eigenvalue weighted by atomic mass is 10.1. The summed E-state index contributed by atoms with van der Waals surface area (Å²) in [7, 11) is 0. The Balaban J connectivity index is 1.96. The van der Waals surface area contributed by atoms with Gasteiger partial charge in [-0.2, -0.15) is 9.47 Å². The predicted molar refractivity (Wildman–Crippen MR) is 75.6 cm³/mol. The molecule has 0 aliphatic carbocycles. The highest BCUT2D eigenvalue weighted by Crippen LogP contribution is 2.21. The van der Waals surface area contributed by atoms with Crippen LogP contribution in [-0.2, 0) is 0 Å². The summed E-state index contributed by atoms with van der Waals surface area (Å²) < 4.78 is 4.13. The quantitative estimate of drug-likeness (QED) is 0.753. The van der Waals surface area contributed by atoms with Crippen molar-refractivity contribution in [1.82, 2.24) is 14.6 Å². The third-order valence-electron chi connectivity index (χ3n) is 2.88. The Morgan fingerprint density at radius 3 is 2.95 bits per heavy atom. The van der Waals surface area contributed by atoms with Crippen molar-refractivity contribution in [3.63, 3.8) is 0 Å². The van der Waals surface area contributed by atoms with E-state index in [1.54, 1.807) is 0 Å². The normalized spacial score (nSPS) is 10.8. The van der Waals surface area contributed by atoms with E-state index in [1.165, 1.54) is 11.5 Å². The minimum atomic E-state index is -0.197. The van der Waals surface area contributed by atoms with Gasteiger partial charge in [-0.25, -0.2) is 0 Å². The highest BCUT2D eigenvalue weighted by Gasteiger charge is 2.15. The van der Waals surface area contributed by atoms with Gasteiger partial charge >= 0.3 is 0 Å². The zero-order valence-electron chi connectivity index (χ0n) is 10.5. The number of anilines is 1. The average Bonchev–Trinajstić information content (AvgIpc) is 2.96. The predicted octanol–water partition coefficient (Wildman–Crippen LogP) is 2.89. The summed E-state index contributed by atoms with van der Waals surface area (Å²) in [6.07, 6.45) is 0. The molecular weight excluding hydrogens is 260 g/mol. The monoisotopic (exact) mass is 272 g/mol. The van der Waals surface area contributed by atoms with Crippen LogP contribution in [0.25, 0.3) is 10.9 Å². The minimum Gasteiger partial charge on any atom is -0.311 e. The largest absolute Gasteiger partial charge is 0.311 e. The smallest absolute Gasteiger partial charge is 0.274 e. The van der Waals surface area contributed by atoms with Gasteiger partial charge < -0.3 is 5.32 Å². The molecule has 0 spiro atoms. The first-order chi connectivity index (χ1) is 9.15. The molecular formula is C13H12N4OS. The van der Waals surface area contributed by atoms with Gasteiger partial charge in [0.15, 0.2) is 0 Å². The number of H-pyrrole nitrogens is 1. The van der Waals surface area contributed by atoms with E-state index < -0.39 is 0 Å². The number of amides is 1. The molecule has 5 nitrogen and oxygen atoms in total. The Morgan fingerprint density at radius 1 is 1.37 bits per heavy atom. The first kappa shape index (κ1) is 11.9. The first-order valence-corrected chi connectivity index (χ1v) is 6.61. The SMILES string of the molecule is Cc1cc(NC(=O)c2[nH]nc3c(C)cccc23)sn1. The molecule has 1 aromatic carbocycles. The number of aromatic amines is 1. The first-order valence-electron chi connectivity index (χ1n) is 5.83. The molecule has 0 aliphatic rings. The number of para-hydroxylation sites is 1. The molecule has 19 heavy (non-hydrogen) atoms. The molecule has 0 fully saturated rings. The van der Waals surface area contributed by atoms with Gasteiger partial charge in [0.25, 0.3) is 5.91 Å². The van der Waals surface area contributed by atoms with Gasteiger partial charge in [-0.15, -0.1) is 0 Å². The van der Waals surface area contributed by atoms with Crippen molar-refractivity contribution in [2.24, 2.45) is 0 Å². The highest BCUT2D eigenvalue weighted by molar-refractivity contribution is 7.10. The average molecular weight is 272 g/mol. The second-order valence-electron chi connectivity index (χ2n) is 4.36. The molecule has 0 unspecified atom stereocenters. The molecule has 3 aromatic rings. The number of carbonyl (C=O) groups excluding carboxylic acids is 1. The van der Waals surface area contributed by atoms with Gasteiger partial charge in [0, 0.05) is 5.39 Å². The van der Waals surface area contributed by atoms with Crippen LogP contribution in [0.3, 0.4) is 0 Å². The van der Waals surface area contributed by atoms with E-state index in [0.717, 1.165) is 27.2 Å². The number of nitrogens with zero attached hydrogens (tertiary/aromatic N) is 2. The summed E-state index contributed by atoms with van der Waals surface area (Å²) >= 11 is 1.27.